The molecule has 4 rings (SSSR count). The molecular formula is C21H24F2N2O2. The van der Waals surface area contributed by atoms with Gasteiger partial charge in [-0.05, 0) is 37.8 Å². The molecule has 4 nitrogen and oxygen atoms in total. The lowest BCUT2D eigenvalue weighted by atomic mass is 9.92. The van der Waals surface area contributed by atoms with Gasteiger partial charge in [0.2, 0.25) is 5.92 Å². The fourth-order valence-corrected chi connectivity index (χ4v) is 3.96. The molecule has 6 heteroatoms. The van der Waals surface area contributed by atoms with Gasteiger partial charge >= 0.3 is 0 Å². The first kappa shape index (κ1) is 18.3. The van der Waals surface area contributed by atoms with E-state index in [1.54, 1.807) is 6.07 Å². The lowest BCUT2D eigenvalue weighted by Crippen LogP contribution is -2.38. The van der Waals surface area contributed by atoms with Crippen LogP contribution in [0.4, 0.5) is 8.78 Å². The Kier molecular flexibility index (Phi) is 4.84. The smallest absolute Gasteiger partial charge is 0.248 e. The SMILES string of the molecule is Cc1cc(CC(=O)c2cccc(C3CC3NC3CCC(F)(F)CC3)c2)on1. The predicted molar refractivity (Wildman–Crippen MR) is 97.2 cm³/mol. The van der Waals surface area contributed by atoms with Crippen molar-refractivity contribution in [2.24, 2.45) is 0 Å². The summed E-state index contributed by atoms with van der Waals surface area (Å²) in [6.07, 6.45) is 2.22. The van der Waals surface area contributed by atoms with Crippen LogP contribution in [0.1, 0.15) is 65.4 Å². The van der Waals surface area contributed by atoms with Gasteiger partial charge in [0, 0.05) is 42.5 Å². The van der Waals surface area contributed by atoms with Gasteiger partial charge in [0.1, 0.15) is 5.76 Å². The summed E-state index contributed by atoms with van der Waals surface area (Å²) in [5.74, 6) is -1.55. The quantitative estimate of drug-likeness (QED) is 0.760. The Balaban J connectivity index is 1.34. The van der Waals surface area contributed by atoms with Crippen molar-refractivity contribution >= 4 is 5.78 Å². The van der Waals surface area contributed by atoms with Crippen molar-refractivity contribution in [2.75, 3.05) is 0 Å². The van der Waals surface area contributed by atoms with E-state index in [0.29, 0.717) is 36.1 Å². The minimum Gasteiger partial charge on any atom is -0.361 e. The molecule has 144 valence electrons. The molecule has 1 N–H and O–H groups in total. The van der Waals surface area contributed by atoms with Crippen LogP contribution in [0.2, 0.25) is 0 Å². The van der Waals surface area contributed by atoms with E-state index in [2.05, 4.69) is 10.5 Å². The zero-order valence-electron chi connectivity index (χ0n) is 15.4. The first-order chi connectivity index (χ1) is 12.9. The zero-order valence-corrected chi connectivity index (χ0v) is 15.4. The lowest BCUT2D eigenvalue weighted by molar-refractivity contribution is -0.0405. The molecule has 2 aliphatic rings. The highest BCUT2D eigenvalue weighted by Gasteiger charge is 2.42. The van der Waals surface area contributed by atoms with E-state index in [4.69, 9.17) is 4.52 Å². The number of rotatable bonds is 6. The highest BCUT2D eigenvalue weighted by molar-refractivity contribution is 5.97. The number of nitrogens with one attached hydrogen (secondary N) is 1. The minimum absolute atomic E-state index is 0.00710. The van der Waals surface area contributed by atoms with Gasteiger partial charge in [0.25, 0.3) is 0 Å². The third kappa shape index (κ3) is 4.43. The van der Waals surface area contributed by atoms with Crippen LogP contribution in [-0.4, -0.2) is 28.9 Å². The number of Topliss-reactive ketones (excluding diaryl/α,β-unsaturated/α-hetero) is 1. The van der Waals surface area contributed by atoms with Crippen molar-refractivity contribution in [3.05, 3.63) is 52.9 Å². The molecule has 0 saturated heterocycles. The first-order valence-corrected chi connectivity index (χ1v) is 9.59. The highest BCUT2D eigenvalue weighted by Crippen LogP contribution is 2.43. The maximum absolute atomic E-state index is 13.3. The largest absolute Gasteiger partial charge is 0.361 e. The molecule has 1 heterocycles. The number of hydrogen-bond donors (Lipinski definition) is 1. The maximum atomic E-state index is 13.3. The van der Waals surface area contributed by atoms with Gasteiger partial charge < -0.3 is 9.84 Å². The van der Waals surface area contributed by atoms with E-state index in [9.17, 15) is 13.6 Å². The van der Waals surface area contributed by atoms with E-state index in [-0.39, 0.29) is 31.1 Å². The summed E-state index contributed by atoms with van der Waals surface area (Å²) < 4.78 is 31.7. The van der Waals surface area contributed by atoms with Crippen LogP contribution in [0.25, 0.3) is 0 Å². The molecule has 2 saturated carbocycles. The molecule has 0 radical (unpaired) electrons. The fraction of sp³-hybridized carbons (Fsp3) is 0.524. The van der Waals surface area contributed by atoms with E-state index < -0.39 is 5.92 Å². The molecule has 27 heavy (non-hydrogen) atoms. The second-order valence-corrected chi connectivity index (χ2v) is 7.91. The Bertz CT molecular complexity index is 823. The number of hydrogen-bond acceptors (Lipinski definition) is 4. The second kappa shape index (κ2) is 7.15. The number of halogens is 2. The molecule has 2 aromatic rings. The van der Waals surface area contributed by atoms with E-state index in [0.717, 1.165) is 17.7 Å². The van der Waals surface area contributed by atoms with E-state index >= 15 is 0 Å². The van der Waals surface area contributed by atoms with Crippen molar-refractivity contribution in [3.63, 3.8) is 0 Å². The Labute approximate surface area is 157 Å². The van der Waals surface area contributed by atoms with Crippen LogP contribution >= 0.6 is 0 Å². The van der Waals surface area contributed by atoms with Gasteiger partial charge in [-0.25, -0.2) is 8.78 Å². The van der Waals surface area contributed by atoms with Gasteiger partial charge in [0.05, 0.1) is 12.1 Å². The molecule has 1 aromatic carbocycles. The highest BCUT2D eigenvalue weighted by atomic mass is 19.3. The summed E-state index contributed by atoms with van der Waals surface area (Å²) in [6.45, 7) is 1.83. The van der Waals surface area contributed by atoms with Crippen molar-refractivity contribution in [1.29, 1.82) is 0 Å². The number of benzene rings is 1. The van der Waals surface area contributed by atoms with Crippen LogP contribution in [0.5, 0.6) is 0 Å². The van der Waals surface area contributed by atoms with Crippen molar-refractivity contribution in [3.8, 4) is 0 Å². The van der Waals surface area contributed by atoms with Gasteiger partial charge in [-0.15, -0.1) is 0 Å². The maximum Gasteiger partial charge on any atom is 0.248 e. The fourth-order valence-electron chi connectivity index (χ4n) is 3.96. The van der Waals surface area contributed by atoms with Crippen LogP contribution in [0.3, 0.4) is 0 Å². The van der Waals surface area contributed by atoms with E-state index in [1.807, 2.05) is 31.2 Å². The van der Waals surface area contributed by atoms with Crippen molar-refractivity contribution in [2.45, 2.75) is 69.4 Å². The third-order valence-electron chi connectivity index (χ3n) is 5.61. The average molecular weight is 374 g/mol. The Morgan fingerprint density at radius 1 is 1.30 bits per heavy atom. The number of ketones is 1. The standard InChI is InChI=1S/C21H24F2N2O2/c1-13-9-17(27-25-13)11-20(26)15-4-2-3-14(10-15)18-12-19(18)24-16-5-7-21(22,23)8-6-16/h2-4,9-10,16,18-19,24H,5-8,11-12H2,1H3. The molecule has 0 amide bonds. The van der Waals surface area contributed by atoms with Crippen molar-refractivity contribution in [1.82, 2.24) is 10.5 Å². The summed E-state index contributed by atoms with van der Waals surface area (Å²) in [7, 11) is 0. The number of nitrogens with zero attached hydrogens (tertiary/aromatic N) is 1. The number of carbonyl (C=O) groups excluding carboxylic acids is 1. The van der Waals surface area contributed by atoms with Crippen LogP contribution < -0.4 is 5.32 Å². The Morgan fingerprint density at radius 2 is 2.07 bits per heavy atom. The molecule has 0 aliphatic heterocycles. The van der Waals surface area contributed by atoms with Crippen molar-refractivity contribution < 1.29 is 18.1 Å². The second-order valence-electron chi connectivity index (χ2n) is 7.91. The summed E-state index contributed by atoms with van der Waals surface area (Å²) in [5.41, 5.74) is 2.57. The van der Waals surface area contributed by atoms with Gasteiger partial charge in [0.15, 0.2) is 5.78 Å². The molecule has 2 fully saturated rings. The number of alkyl halides is 2. The molecule has 2 aliphatic carbocycles. The summed E-state index contributed by atoms with van der Waals surface area (Å²) in [4.78, 5) is 12.5. The zero-order chi connectivity index (χ0) is 19.0. The van der Waals surface area contributed by atoms with E-state index in [1.165, 1.54) is 0 Å². The topological polar surface area (TPSA) is 55.1 Å². The normalized spacial score (nSPS) is 24.7. The molecule has 0 spiro atoms. The first-order valence-electron chi connectivity index (χ1n) is 9.59. The van der Waals surface area contributed by atoms with Crippen LogP contribution in [-0.2, 0) is 6.42 Å². The van der Waals surface area contributed by atoms with Crippen LogP contribution in [0.15, 0.2) is 34.9 Å². The molecule has 2 unspecified atom stereocenters. The van der Waals surface area contributed by atoms with Gasteiger partial charge in [-0.2, -0.15) is 0 Å². The number of carbonyl (C=O) groups is 1. The Morgan fingerprint density at radius 3 is 2.78 bits per heavy atom. The number of aromatic nitrogens is 1. The van der Waals surface area contributed by atoms with Gasteiger partial charge in [-0.3, -0.25) is 4.79 Å². The predicted octanol–water partition coefficient (Wildman–Crippen LogP) is 4.43. The molecule has 2 atom stereocenters. The number of aryl methyl sites for hydroxylation is 1. The van der Waals surface area contributed by atoms with Crippen LogP contribution in [0, 0.1) is 6.92 Å². The minimum atomic E-state index is -2.49. The monoisotopic (exact) mass is 374 g/mol. The average Bonchev–Trinajstić information content (AvgIpc) is 3.29. The molecule has 0 bridgehead atoms. The molecular weight excluding hydrogens is 350 g/mol. The van der Waals surface area contributed by atoms with Gasteiger partial charge in [-0.1, -0.05) is 23.4 Å². The summed E-state index contributed by atoms with van der Waals surface area (Å²) >= 11 is 0. The summed E-state index contributed by atoms with van der Waals surface area (Å²) in [5, 5.41) is 7.34. The Hall–Kier alpha value is -2.08. The lowest BCUT2D eigenvalue weighted by Gasteiger charge is -2.29. The molecule has 1 aromatic heterocycles. The third-order valence-corrected chi connectivity index (χ3v) is 5.61. The summed E-state index contributed by atoms with van der Waals surface area (Å²) in [6, 6.07) is 10.00.